The molecule has 1 fully saturated rings. The average molecular weight is 238 g/mol. The summed E-state index contributed by atoms with van der Waals surface area (Å²) in [6.45, 7) is 1.79. The van der Waals surface area contributed by atoms with Crippen LogP contribution in [-0.2, 0) is 4.74 Å². The maximum Gasteiger partial charge on any atom is 0.0512 e. The zero-order valence-electron chi connectivity index (χ0n) is 10.8. The summed E-state index contributed by atoms with van der Waals surface area (Å²) in [6, 6.07) is 0.341. The van der Waals surface area contributed by atoms with E-state index < -0.39 is 0 Å². The Kier molecular flexibility index (Phi) is 5.49. The predicted molar refractivity (Wildman–Crippen MR) is 70.4 cm³/mol. The van der Waals surface area contributed by atoms with Crippen molar-refractivity contribution in [2.24, 2.45) is 11.8 Å². The van der Waals surface area contributed by atoms with Gasteiger partial charge in [-0.05, 0) is 38.5 Å². The predicted octanol–water partition coefficient (Wildman–Crippen LogP) is 2.53. The van der Waals surface area contributed by atoms with E-state index in [9.17, 15) is 0 Å². The van der Waals surface area contributed by atoms with Crippen molar-refractivity contribution in [1.82, 2.24) is 5.43 Å². The van der Waals surface area contributed by atoms with Crippen LogP contribution in [0.15, 0.2) is 11.6 Å². The lowest BCUT2D eigenvalue weighted by Crippen LogP contribution is -2.45. The lowest BCUT2D eigenvalue weighted by atomic mass is 9.85. The van der Waals surface area contributed by atoms with Crippen molar-refractivity contribution in [3.63, 3.8) is 0 Å². The summed E-state index contributed by atoms with van der Waals surface area (Å²) in [5.41, 5.74) is 4.57. The Hall–Kier alpha value is -0.380. The Bertz CT molecular complexity index is 247. The van der Waals surface area contributed by atoms with Crippen LogP contribution in [0.2, 0.25) is 0 Å². The molecule has 1 aliphatic carbocycles. The minimum Gasteiger partial charge on any atom is -0.381 e. The highest BCUT2D eigenvalue weighted by atomic mass is 16.5. The Morgan fingerprint density at radius 1 is 1.24 bits per heavy atom. The molecule has 2 atom stereocenters. The van der Waals surface area contributed by atoms with E-state index in [4.69, 9.17) is 10.6 Å². The molecule has 3 N–H and O–H groups in total. The minimum absolute atomic E-state index is 0.341. The van der Waals surface area contributed by atoms with Gasteiger partial charge in [0.1, 0.15) is 0 Å². The van der Waals surface area contributed by atoms with Gasteiger partial charge in [0.15, 0.2) is 0 Å². The number of ether oxygens (including phenoxy) is 1. The molecule has 0 amide bonds. The maximum absolute atomic E-state index is 5.78. The lowest BCUT2D eigenvalue weighted by molar-refractivity contribution is 0.0438. The molecule has 0 aromatic heterocycles. The van der Waals surface area contributed by atoms with E-state index >= 15 is 0 Å². The molecule has 2 aliphatic rings. The average Bonchev–Trinajstić information content (AvgIpc) is 2.34. The van der Waals surface area contributed by atoms with Crippen LogP contribution in [0.1, 0.15) is 51.4 Å². The Morgan fingerprint density at radius 3 is 2.88 bits per heavy atom. The first-order valence-corrected chi connectivity index (χ1v) is 7.14. The van der Waals surface area contributed by atoms with Gasteiger partial charge in [0.05, 0.1) is 6.61 Å². The lowest BCUT2D eigenvalue weighted by Gasteiger charge is -2.32. The standard InChI is InChI=1S/C14H26N2O/c15-16-14(13-9-6-10-17-11-13)12-7-4-2-1-3-5-8-12/h7,13-14,16H,1-6,8-11,15H2. The van der Waals surface area contributed by atoms with E-state index in [0.717, 1.165) is 13.2 Å². The van der Waals surface area contributed by atoms with Crippen LogP contribution in [0.3, 0.4) is 0 Å². The summed E-state index contributed by atoms with van der Waals surface area (Å²) in [5, 5.41) is 0. The van der Waals surface area contributed by atoms with Crippen molar-refractivity contribution >= 4 is 0 Å². The Labute approximate surface area is 105 Å². The fourth-order valence-electron chi connectivity index (χ4n) is 3.07. The molecule has 1 heterocycles. The molecule has 17 heavy (non-hydrogen) atoms. The fraction of sp³-hybridized carbons (Fsp3) is 0.857. The van der Waals surface area contributed by atoms with Crippen molar-refractivity contribution in [2.45, 2.75) is 57.4 Å². The molecule has 2 unspecified atom stereocenters. The smallest absolute Gasteiger partial charge is 0.0512 e. The van der Waals surface area contributed by atoms with Crippen LogP contribution < -0.4 is 11.3 Å². The number of hydrogen-bond acceptors (Lipinski definition) is 3. The van der Waals surface area contributed by atoms with Gasteiger partial charge >= 0.3 is 0 Å². The molecule has 1 aliphatic heterocycles. The van der Waals surface area contributed by atoms with E-state index in [1.165, 1.54) is 56.9 Å². The van der Waals surface area contributed by atoms with Crippen LogP contribution in [0, 0.1) is 5.92 Å². The molecule has 1 saturated heterocycles. The number of nitrogens with one attached hydrogen (secondary N) is 1. The summed E-state index contributed by atoms with van der Waals surface area (Å²) in [6.07, 6.45) is 12.7. The Balaban J connectivity index is 1.98. The first kappa shape index (κ1) is 13.1. The van der Waals surface area contributed by atoms with Crippen molar-refractivity contribution < 1.29 is 4.74 Å². The zero-order valence-corrected chi connectivity index (χ0v) is 10.8. The van der Waals surface area contributed by atoms with Gasteiger partial charge < -0.3 is 4.74 Å². The van der Waals surface area contributed by atoms with E-state index in [-0.39, 0.29) is 0 Å². The Morgan fingerprint density at radius 2 is 2.12 bits per heavy atom. The molecular weight excluding hydrogens is 212 g/mol. The summed E-state index contributed by atoms with van der Waals surface area (Å²) >= 11 is 0. The maximum atomic E-state index is 5.78. The molecule has 3 heteroatoms. The molecule has 3 nitrogen and oxygen atoms in total. The molecule has 98 valence electrons. The number of hydrogen-bond donors (Lipinski definition) is 2. The van der Waals surface area contributed by atoms with Crippen molar-refractivity contribution in [3.05, 3.63) is 11.6 Å². The van der Waals surface area contributed by atoms with Gasteiger partial charge in [-0.3, -0.25) is 11.3 Å². The normalized spacial score (nSPS) is 29.0. The summed E-state index contributed by atoms with van der Waals surface area (Å²) in [5.74, 6) is 6.35. The van der Waals surface area contributed by atoms with E-state index in [2.05, 4.69) is 11.5 Å². The molecule has 0 aromatic rings. The van der Waals surface area contributed by atoms with Crippen molar-refractivity contribution in [1.29, 1.82) is 0 Å². The molecule has 0 saturated carbocycles. The SMILES string of the molecule is NNC(C1=CCCCCCC1)C1CCCOC1. The summed E-state index contributed by atoms with van der Waals surface area (Å²) in [7, 11) is 0. The molecule has 0 bridgehead atoms. The van der Waals surface area contributed by atoms with Crippen molar-refractivity contribution in [3.8, 4) is 0 Å². The van der Waals surface area contributed by atoms with Crippen molar-refractivity contribution in [2.75, 3.05) is 13.2 Å². The highest BCUT2D eigenvalue weighted by molar-refractivity contribution is 5.13. The largest absolute Gasteiger partial charge is 0.381 e. The van der Waals surface area contributed by atoms with Crippen LogP contribution in [-0.4, -0.2) is 19.3 Å². The molecular formula is C14H26N2O. The first-order chi connectivity index (χ1) is 8.42. The van der Waals surface area contributed by atoms with E-state index in [1.807, 2.05) is 0 Å². The van der Waals surface area contributed by atoms with Gasteiger partial charge in [-0.25, -0.2) is 0 Å². The topological polar surface area (TPSA) is 47.3 Å². The molecule has 2 rings (SSSR count). The number of rotatable bonds is 3. The third-order valence-electron chi connectivity index (χ3n) is 4.07. The van der Waals surface area contributed by atoms with Gasteiger partial charge in [0, 0.05) is 18.6 Å². The van der Waals surface area contributed by atoms with Crippen LogP contribution in [0.5, 0.6) is 0 Å². The summed E-state index contributed by atoms with van der Waals surface area (Å²) in [4.78, 5) is 0. The van der Waals surface area contributed by atoms with E-state index in [1.54, 1.807) is 0 Å². The second kappa shape index (κ2) is 7.14. The second-order valence-corrected chi connectivity index (χ2v) is 5.35. The number of nitrogens with two attached hydrogens (primary N) is 1. The third-order valence-corrected chi connectivity index (χ3v) is 4.07. The van der Waals surface area contributed by atoms with Gasteiger partial charge in [-0.15, -0.1) is 0 Å². The van der Waals surface area contributed by atoms with Gasteiger partial charge in [-0.2, -0.15) is 0 Å². The van der Waals surface area contributed by atoms with Crippen LogP contribution in [0.25, 0.3) is 0 Å². The minimum atomic E-state index is 0.341. The third kappa shape index (κ3) is 3.80. The zero-order chi connectivity index (χ0) is 11.9. The molecule has 0 radical (unpaired) electrons. The highest BCUT2D eigenvalue weighted by Gasteiger charge is 2.26. The van der Waals surface area contributed by atoms with Crippen LogP contribution >= 0.6 is 0 Å². The fourth-order valence-corrected chi connectivity index (χ4v) is 3.07. The van der Waals surface area contributed by atoms with E-state index in [0.29, 0.717) is 12.0 Å². The molecule has 0 aromatic carbocycles. The van der Waals surface area contributed by atoms with Gasteiger partial charge in [0.2, 0.25) is 0 Å². The quantitative estimate of drug-likeness (QED) is 0.451. The number of allylic oxidation sites excluding steroid dienone is 1. The monoisotopic (exact) mass is 238 g/mol. The van der Waals surface area contributed by atoms with Gasteiger partial charge in [0.25, 0.3) is 0 Å². The number of hydrazine groups is 1. The second-order valence-electron chi connectivity index (χ2n) is 5.35. The van der Waals surface area contributed by atoms with Crippen LogP contribution in [0.4, 0.5) is 0 Å². The first-order valence-electron chi connectivity index (χ1n) is 7.14. The highest BCUT2D eigenvalue weighted by Crippen LogP contribution is 2.27. The van der Waals surface area contributed by atoms with Gasteiger partial charge in [-0.1, -0.05) is 24.5 Å². The summed E-state index contributed by atoms with van der Waals surface area (Å²) < 4.78 is 5.59. The molecule has 0 spiro atoms.